The number of hydrogen-bond donors (Lipinski definition) is 0. The van der Waals surface area contributed by atoms with Crippen molar-refractivity contribution >= 4 is 0 Å². The van der Waals surface area contributed by atoms with Gasteiger partial charge in [0.25, 0.3) is 0 Å². The van der Waals surface area contributed by atoms with Gasteiger partial charge in [0.05, 0.1) is 17.4 Å². The van der Waals surface area contributed by atoms with E-state index in [1.54, 1.807) is 10.9 Å². The van der Waals surface area contributed by atoms with Crippen molar-refractivity contribution in [2.75, 3.05) is 0 Å². The molecule has 0 unspecified atom stereocenters. The maximum absolute atomic E-state index is 10.3. The van der Waals surface area contributed by atoms with E-state index >= 15 is 0 Å². The van der Waals surface area contributed by atoms with Crippen molar-refractivity contribution in [2.45, 2.75) is 6.54 Å². The lowest BCUT2D eigenvalue weighted by molar-refractivity contribution is -0.496. The average molecular weight is 203 g/mol. The molecular weight excluding hydrogens is 194 g/mol. The van der Waals surface area contributed by atoms with Crippen LogP contribution in [0.4, 0.5) is 0 Å². The van der Waals surface area contributed by atoms with Crippen molar-refractivity contribution in [3.05, 3.63) is 58.4 Å². The molecule has 0 amide bonds. The highest BCUT2D eigenvalue weighted by Crippen LogP contribution is 2.07. The Morgan fingerprint density at radius 3 is 2.73 bits per heavy atom. The summed E-state index contributed by atoms with van der Waals surface area (Å²) in [5, 5.41) is 14.3. The van der Waals surface area contributed by atoms with Crippen LogP contribution in [0.3, 0.4) is 0 Å². The van der Waals surface area contributed by atoms with Gasteiger partial charge < -0.3 is 0 Å². The minimum Gasteiger partial charge on any atom is -0.264 e. The Hall–Kier alpha value is -2.17. The number of hydrogen-bond acceptors (Lipinski definition) is 3. The summed E-state index contributed by atoms with van der Waals surface area (Å²) in [4.78, 5) is 9.91. The Labute approximate surface area is 86.1 Å². The Morgan fingerprint density at radius 1 is 1.33 bits per heavy atom. The first-order valence-electron chi connectivity index (χ1n) is 4.46. The van der Waals surface area contributed by atoms with Crippen LogP contribution in [0.5, 0.6) is 0 Å². The molecule has 0 saturated carbocycles. The molecule has 5 heteroatoms. The van der Waals surface area contributed by atoms with Gasteiger partial charge in [0.2, 0.25) is 6.54 Å². The summed E-state index contributed by atoms with van der Waals surface area (Å²) >= 11 is 0. The van der Waals surface area contributed by atoms with Crippen LogP contribution < -0.4 is 0 Å². The van der Waals surface area contributed by atoms with E-state index in [-0.39, 0.29) is 11.5 Å². The number of nitro groups is 1. The van der Waals surface area contributed by atoms with Gasteiger partial charge >= 0.3 is 0 Å². The average Bonchev–Trinajstić information content (AvgIpc) is 2.67. The third-order valence-electron chi connectivity index (χ3n) is 1.97. The number of para-hydroxylation sites is 1. The molecule has 15 heavy (non-hydrogen) atoms. The van der Waals surface area contributed by atoms with Gasteiger partial charge in [0, 0.05) is 11.1 Å². The molecule has 5 nitrogen and oxygen atoms in total. The Balaban J connectivity index is 2.24. The van der Waals surface area contributed by atoms with Gasteiger partial charge in [-0.15, -0.1) is 0 Å². The van der Waals surface area contributed by atoms with Crippen molar-refractivity contribution in [1.29, 1.82) is 0 Å². The molecule has 0 saturated heterocycles. The van der Waals surface area contributed by atoms with Crippen LogP contribution in [-0.2, 0) is 6.54 Å². The highest BCUT2D eigenvalue weighted by atomic mass is 16.6. The van der Waals surface area contributed by atoms with Crippen LogP contribution in [0.25, 0.3) is 5.69 Å². The van der Waals surface area contributed by atoms with Gasteiger partial charge in [-0.25, -0.2) is 4.68 Å². The Morgan fingerprint density at radius 2 is 2.07 bits per heavy atom. The maximum atomic E-state index is 10.3. The van der Waals surface area contributed by atoms with Crippen LogP contribution in [-0.4, -0.2) is 14.7 Å². The largest absolute Gasteiger partial charge is 0.264 e. The van der Waals surface area contributed by atoms with E-state index in [0.29, 0.717) is 5.56 Å². The molecule has 0 spiro atoms. The molecule has 1 aromatic heterocycles. The normalized spacial score (nSPS) is 10.1. The second kappa shape index (κ2) is 3.91. The van der Waals surface area contributed by atoms with E-state index in [0.717, 1.165) is 5.69 Å². The van der Waals surface area contributed by atoms with Gasteiger partial charge in [0.15, 0.2) is 0 Å². The van der Waals surface area contributed by atoms with Gasteiger partial charge in [-0.2, -0.15) is 5.10 Å². The van der Waals surface area contributed by atoms with E-state index in [1.165, 1.54) is 6.20 Å². The molecule has 0 aliphatic rings. The molecule has 0 aliphatic heterocycles. The Kier molecular flexibility index (Phi) is 2.45. The van der Waals surface area contributed by atoms with E-state index in [1.807, 2.05) is 30.3 Å². The quantitative estimate of drug-likeness (QED) is 0.562. The molecule has 1 aromatic carbocycles. The fourth-order valence-electron chi connectivity index (χ4n) is 1.31. The molecule has 2 rings (SSSR count). The predicted octanol–water partition coefficient (Wildman–Crippen LogP) is 1.65. The van der Waals surface area contributed by atoms with Crippen molar-refractivity contribution < 1.29 is 4.92 Å². The molecule has 0 fully saturated rings. The molecule has 1 heterocycles. The highest BCUT2D eigenvalue weighted by molar-refractivity contribution is 5.30. The van der Waals surface area contributed by atoms with Gasteiger partial charge in [-0.1, -0.05) is 18.2 Å². The first-order valence-corrected chi connectivity index (χ1v) is 4.46. The molecule has 0 radical (unpaired) electrons. The van der Waals surface area contributed by atoms with Gasteiger partial charge in [0.1, 0.15) is 0 Å². The zero-order valence-electron chi connectivity index (χ0n) is 7.91. The summed E-state index contributed by atoms with van der Waals surface area (Å²) < 4.78 is 1.62. The summed E-state index contributed by atoms with van der Waals surface area (Å²) in [7, 11) is 0. The maximum Gasteiger partial charge on any atom is 0.231 e. The number of nitrogens with zero attached hydrogens (tertiary/aromatic N) is 3. The van der Waals surface area contributed by atoms with Crippen LogP contribution >= 0.6 is 0 Å². The first kappa shape index (κ1) is 9.39. The van der Waals surface area contributed by atoms with Crippen LogP contribution in [0.15, 0.2) is 42.7 Å². The van der Waals surface area contributed by atoms with Crippen LogP contribution in [0.1, 0.15) is 5.56 Å². The number of aromatic nitrogens is 2. The van der Waals surface area contributed by atoms with E-state index in [4.69, 9.17) is 0 Å². The van der Waals surface area contributed by atoms with Gasteiger partial charge in [-0.05, 0) is 12.1 Å². The zero-order valence-corrected chi connectivity index (χ0v) is 7.91. The smallest absolute Gasteiger partial charge is 0.231 e. The zero-order chi connectivity index (χ0) is 10.7. The molecule has 0 N–H and O–H groups in total. The lowest BCUT2D eigenvalue weighted by atomic mass is 10.3. The van der Waals surface area contributed by atoms with Crippen molar-refractivity contribution in [2.24, 2.45) is 0 Å². The summed E-state index contributed by atoms with van der Waals surface area (Å²) in [5.41, 5.74) is 1.50. The van der Waals surface area contributed by atoms with Crippen LogP contribution in [0.2, 0.25) is 0 Å². The lowest BCUT2D eigenvalue weighted by Crippen LogP contribution is -1.97. The van der Waals surface area contributed by atoms with E-state index in [9.17, 15) is 10.1 Å². The topological polar surface area (TPSA) is 61.0 Å². The summed E-state index contributed by atoms with van der Waals surface area (Å²) in [6.45, 7) is -0.188. The molecular formula is C10H9N3O2. The Bertz CT molecular complexity index is 465. The molecule has 76 valence electrons. The van der Waals surface area contributed by atoms with Crippen molar-refractivity contribution in [1.82, 2.24) is 9.78 Å². The molecule has 0 bridgehead atoms. The second-order valence-electron chi connectivity index (χ2n) is 3.12. The van der Waals surface area contributed by atoms with Crippen molar-refractivity contribution in [3.63, 3.8) is 0 Å². The molecule has 2 aromatic rings. The summed E-state index contributed by atoms with van der Waals surface area (Å²) in [5.74, 6) is 0. The predicted molar refractivity (Wildman–Crippen MR) is 54.3 cm³/mol. The third-order valence-corrected chi connectivity index (χ3v) is 1.97. The monoisotopic (exact) mass is 203 g/mol. The summed E-state index contributed by atoms with van der Waals surface area (Å²) in [6.07, 6.45) is 3.17. The van der Waals surface area contributed by atoms with Crippen molar-refractivity contribution in [3.8, 4) is 5.69 Å². The lowest BCUT2D eigenvalue weighted by Gasteiger charge is -1.98. The SMILES string of the molecule is O=[N+]([O-])Cc1cnn(-c2ccccc2)c1. The third kappa shape index (κ3) is 2.19. The highest BCUT2D eigenvalue weighted by Gasteiger charge is 2.05. The number of benzene rings is 1. The minimum absolute atomic E-state index is 0.188. The minimum atomic E-state index is -0.369. The molecule has 0 aliphatic carbocycles. The first-order chi connectivity index (χ1) is 7.25. The number of rotatable bonds is 3. The van der Waals surface area contributed by atoms with Crippen LogP contribution in [0, 0.1) is 10.1 Å². The summed E-state index contributed by atoms with van der Waals surface area (Å²) in [6, 6.07) is 9.48. The second-order valence-corrected chi connectivity index (χ2v) is 3.12. The van der Waals surface area contributed by atoms with Gasteiger partial charge in [-0.3, -0.25) is 10.1 Å². The molecule has 0 atom stereocenters. The standard InChI is InChI=1S/C10H9N3O2/c14-13(15)8-9-6-11-12(7-9)10-4-2-1-3-5-10/h1-7H,8H2. The fourth-order valence-corrected chi connectivity index (χ4v) is 1.31. The van der Waals surface area contributed by atoms with E-state index in [2.05, 4.69) is 5.10 Å². The van der Waals surface area contributed by atoms with E-state index < -0.39 is 0 Å². The fraction of sp³-hybridized carbons (Fsp3) is 0.100.